The van der Waals surface area contributed by atoms with E-state index in [1.54, 1.807) is 6.07 Å². The van der Waals surface area contributed by atoms with Gasteiger partial charge in [-0.2, -0.15) is 0 Å². The standard InChI is InChI=1S/C14H23FN2/c1-4-8-17(11(2)3)10-14(16)12-6-5-7-13(15)9-12/h5-7,9,11,14H,4,8,10,16H2,1-3H3. The van der Waals surface area contributed by atoms with Crippen LogP contribution in [-0.4, -0.2) is 24.0 Å². The van der Waals surface area contributed by atoms with E-state index < -0.39 is 0 Å². The normalized spacial score (nSPS) is 13.4. The summed E-state index contributed by atoms with van der Waals surface area (Å²) < 4.78 is 13.1. The van der Waals surface area contributed by atoms with Gasteiger partial charge in [0.1, 0.15) is 5.82 Å². The zero-order valence-corrected chi connectivity index (χ0v) is 11.0. The van der Waals surface area contributed by atoms with Crippen molar-refractivity contribution in [2.75, 3.05) is 13.1 Å². The quantitative estimate of drug-likeness (QED) is 0.825. The van der Waals surface area contributed by atoms with Gasteiger partial charge in [0.05, 0.1) is 0 Å². The fraction of sp³-hybridized carbons (Fsp3) is 0.571. The summed E-state index contributed by atoms with van der Waals surface area (Å²) in [6.45, 7) is 8.28. The van der Waals surface area contributed by atoms with Crippen molar-refractivity contribution in [3.05, 3.63) is 35.6 Å². The van der Waals surface area contributed by atoms with Gasteiger partial charge in [0.15, 0.2) is 0 Å². The van der Waals surface area contributed by atoms with E-state index in [0.717, 1.165) is 25.1 Å². The predicted octanol–water partition coefficient (Wildman–Crippen LogP) is 2.95. The lowest BCUT2D eigenvalue weighted by Gasteiger charge is -2.29. The van der Waals surface area contributed by atoms with Gasteiger partial charge in [0.2, 0.25) is 0 Å². The lowest BCUT2D eigenvalue weighted by atomic mass is 10.1. The highest BCUT2D eigenvalue weighted by Crippen LogP contribution is 2.14. The molecule has 1 atom stereocenters. The first kappa shape index (κ1) is 14.1. The molecule has 1 unspecified atom stereocenters. The van der Waals surface area contributed by atoms with Crippen LogP contribution < -0.4 is 5.73 Å². The third-order valence-corrected chi connectivity index (χ3v) is 2.95. The Kier molecular flexibility index (Phi) is 5.59. The molecule has 0 aliphatic rings. The topological polar surface area (TPSA) is 29.3 Å². The van der Waals surface area contributed by atoms with Crippen LogP contribution in [0, 0.1) is 5.82 Å². The van der Waals surface area contributed by atoms with Gasteiger partial charge in [-0.05, 0) is 44.5 Å². The molecule has 96 valence electrons. The maximum absolute atomic E-state index is 13.1. The fourth-order valence-corrected chi connectivity index (χ4v) is 1.94. The van der Waals surface area contributed by atoms with Gasteiger partial charge in [-0.25, -0.2) is 4.39 Å². The summed E-state index contributed by atoms with van der Waals surface area (Å²) in [5.41, 5.74) is 6.99. The van der Waals surface area contributed by atoms with Crippen molar-refractivity contribution in [1.82, 2.24) is 4.90 Å². The average molecular weight is 238 g/mol. The molecule has 0 saturated carbocycles. The van der Waals surface area contributed by atoms with Crippen LogP contribution in [-0.2, 0) is 0 Å². The molecule has 2 nitrogen and oxygen atoms in total. The van der Waals surface area contributed by atoms with Crippen molar-refractivity contribution in [3.8, 4) is 0 Å². The van der Waals surface area contributed by atoms with Gasteiger partial charge in [0.25, 0.3) is 0 Å². The zero-order valence-electron chi connectivity index (χ0n) is 11.0. The summed E-state index contributed by atoms with van der Waals surface area (Å²) in [6, 6.07) is 6.91. The van der Waals surface area contributed by atoms with Gasteiger partial charge in [-0.3, -0.25) is 4.90 Å². The Morgan fingerprint density at radius 1 is 1.35 bits per heavy atom. The van der Waals surface area contributed by atoms with E-state index in [0.29, 0.717) is 6.04 Å². The first-order valence-electron chi connectivity index (χ1n) is 6.29. The van der Waals surface area contributed by atoms with Crippen LogP contribution in [0.15, 0.2) is 24.3 Å². The van der Waals surface area contributed by atoms with Crippen LogP contribution in [0.25, 0.3) is 0 Å². The van der Waals surface area contributed by atoms with Crippen molar-refractivity contribution in [1.29, 1.82) is 0 Å². The van der Waals surface area contributed by atoms with Crippen LogP contribution in [0.5, 0.6) is 0 Å². The lowest BCUT2D eigenvalue weighted by Crippen LogP contribution is -2.37. The van der Waals surface area contributed by atoms with Gasteiger partial charge >= 0.3 is 0 Å². The van der Waals surface area contributed by atoms with Crippen molar-refractivity contribution >= 4 is 0 Å². The number of rotatable bonds is 6. The van der Waals surface area contributed by atoms with Crippen LogP contribution in [0.1, 0.15) is 38.8 Å². The van der Waals surface area contributed by atoms with Crippen LogP contribution >= 0.6 is 0 Å². The number of benzene rings is 1. The molecule has 0 fully saturated rings. The maximum atomic E-state index is 13.1. The molecular weight excluding hydrogens is 215 g/mol. The highest BCUT2D eigenvalue weighted by Gasteiger charge is 2.14. The molecule has 0 aliphatic heterocycles. The van der Waals surface area contributed by atoms with Crippen LogP contribution in [0.4, 0.5) is 4.39 Å². The number of hydrogen-bond acceptors (Lipinski definition) is 2. The molecule has 0 bridgehead atoms. The molecule has 17 heavy (non-hydrogen) atoms. The van der Waals surface area contributed by atoms with Crippen molar-refractivity contribution in [3.63, 3.8) is 0 Å². The Balaban J connectivity index is 2.66. The summed E-state index contributed by atoms with van der Waals surface area (Å²) in [6.07, 6.45) is 1.11. The third kappa shape index (κ3) is 4.44. The first-order valence-corrected chi connectivity index (χ1v) is 6.29. The minimum Gasteiger partial charge on any atom is -0.323 e. The highest BCUT2D eigenvalue weighted by atomic mass is 19.1. The van der Waals surface area contributed by atoms with E-state index in [-0.39, 0.29) is 11.9 Å². The molecule has 0 aliphatic carbocycles. The molecule has 0 amide bonds. The highest BCUT2D eigenvalue weighted by molar-refractivity contribution is 5.20. The molecular formula is C14H23FN2. The smallest absolute Gasteiger partial charge is 0.123 e. The molecule has 1 rings (SSSR count). The Morgan fingerprint density at radius 2 is 2.06 bits per heavy atom. The minimum atomic E-state index is -0.218. The van der Waals surface area contributed by atoms with Crippen molar-refractivity contribution < 1.29 is 4.39 Å². The second kappa shape index (κ2) is 6.72. The Labute approximate surface area is 104 Å². The second-order valence-electron chi connectivity index (χ2n) is 4.75. The van der Waals surface area contributed by atoms with Crippen molar-refractivity contribution in [2.45, 2.75) is 39.3 Å². The predicted molar refractivity (Wildman–Crippen MR) is 70.3 cm³/mol. The monoisotopic (exact) mass is 238 g/mol. The molecule has 0 spiro atoms. The first-order chi connectivity index (χ1) is 8.04. The summed E-state index contributed by atoms with van der Waals surface area (Å²) in [5, 5.41) is 0. The Morgan fingerprint density at radius 3 is 2.59 bits per heavy atom. The molecule has 1 aromatic rings. The van der Waals surface area contributed by atoms with Crippen LogP contribution in [0.2, 0.25) is 0 Å². The molecule has 0 radical (unpaired) electrons. The maximum Gasteiger partial charge on any atom is 0.123 e. The number of halogens is 1. The summed E-state index contributed by atoms with van der Waals surface area (Å²) in [4.78, 5) is 2.33. The van der Waals surface area contributed by atoms with E-state index in [1.165, 1.54) is 12.1 Å². The Hall–Kier alpha value is -0.930. The van der Waals surface area contributed by atoms with Gasteiger partial charge in [-0.15, -0.1) is 0 Å². The van der Waals surface area contributed by atoms with E-state index in [9.17, 15) is 4.39 Å². The van der Waals surface area contributed by atoms with Crippen LogP contribution in [0.3, 0.4) is 0 Å². The van der Waals surface area contributed by atoms with Gasteiger partial charge in [0, 0.05) is 18.6 Å². The van der Waals surface area contributed by atoms with E-state index >= 15 is 0 Å². The summed E-state index contributed by atoms with van der Waals surface area (Å²) in [7, 11) is 0. The third-order valence-electron chi connectivity index (χ3n) is 2.95. The van der Waals surface area contributed by atoms with Gasteiger partial charge in [-0.1, -0.05) is 19.1 Å². The number of nitrogens with two attached hydrogens (primary N) is 1. The molecule has 3 heteroatoms. The molecule has 2 N–H and O–H groups in total. The largest absolute Gasteiger partial charge is 0.323 e. The van der Waals surface area contributed by atoms with Gasteiger partial charge < -0.3 is 5.73 Å². The van der Waals surface area contributed by atoms with E-state index in [1.807, 2.05) is 6.07 Å². The fourth-order valence-electron chi connectivity index (χ4n) is 1.94. The Bertz CT molecular complexity index is 339. The number of nitrogens with zero attached hydrogens (tertiary/aromatic N) is 1. The molecule has 0 saturated heterocycles. The average Bonchev–Trinajstić information content (AvgIpc) is 2.28. The van der Waals surface area contributed by atoms with E-state index in [2.05, 4.69) is 25.7 Å². The molecule has 0 aromatic heterocycles. The minimum absolute atomic E-state index is 0.125. The summed E-state index contributed by atoms with van der Waals surface area (Å²) >= 11 is 0. The lowest BCUT2D eigenvalue weighted by molar-refractivity contribution is 0.209. The summed E-state index contributed by atoms with van der Waals surface area (Å²) in [5.74, 6) is -0.218. The molecule has 0 heterocycles. The zero-order chi connectivity index (χ0) is 12.8. The molecule has 1 aromatic carbocycles. The number of hydrogen-bond donors (Lipinski definition) is 1. The SMILES string of the molecule is CCCN(CC(N)c1cccc(F)c1)C(C)C. The van der Waals surface area contributed by atoms with Crippen molar-refractivity contribution in [2.24, 2.45) is 5.73 Å². The van der Waals surface area contributed by atoms with E-state index in [4.69, 9.17) is 5.73 Å². The second-order valence-corrected chi connectivity index (χ2v) is 4.75.